The van der Waals surface area contributed by atoms with Crippen molar-refractivity contribution >= 4 is 17.8 Å². The first-order valence-corrected chi connectivity index (χ1v) is 6.73. The first-order valence-electron chi connectivity index (χ1n) is 6.73. The molecule has 1 aliphatic carbocycles. The average Bonchev–Trinajstić information content (AvgIpc) is 2.58. The van der Waals surface area contributed by atoms with Crippen molar-refractivity contribution in [3.8, 4) is 0 Å². The van der Waals surface area contributed by atoms with Gasteiger partial charge in [0.05, 0.1) is 0 Å². The van der Waals surface area contributed by atoms with E-state index in [1.54, 1.807) is 14.1 Å². The highest BCUT2D eigenvalue weighted by Gasteiger charge is 2.55. The Balaban J connectivity index is 2.18. The minimum atomic E-state index is -0.776. The number of carbonyl (C=O) groups excluding carboxylic acids is 3. The van der Waals surface area contributed by atoms with Crippen LogP contribution in [0.15, 0.2) is 0 Å². The van der Waals surface area contributed by atoms with Crippen molar-refractivity contribution in [1.82, 2.24) is 15.1 Å². The quantitative estimate of drug-likeness (QED) is 0.744. The smallest absolute Gasteiger partial charge is 0.325 e. The molecule has 2 fully saturated rings. The summed E-state index contributed by atoms with van der Waals surface area (Å²) in [5, 5.41) is 2.83. The van der Waals surface area contributed by atoms with Crippen LogP contribution >= 0.6 is 0 Å². The molecule has 19 heavy (non-hydrogen) atoms. The monoisotopic (exact) mass is 267 g/mol. The number of rotatable bonds is 2. The van der Waals surface area contributed by atoms with Gasteiger partial charge in [-0.25, -0.2) is 4.79 Å². The van der Waals surface area contributed by atoms with E-state index in [9.17, 15) is 14.4 Å². The summed E-state index contributed by atoms with van der Waals surface area (Å²) < 4.78 is 0. The molecular weight excluding hydrogens is 246 g/mol. The molecule has 1 heterocycles. The van der Waals surface area contributed by atoms with Gasteiger partial charge in [-0.3, -0.25) is 14.5 Å². The highest BCUT2D eigenvalue weighted by molar-refractivity contribution is 6.09. The fourth-order valence-corrected chi connectivity index (χ4v) is 2.92. The summed E-state index contributed by atoms with van der Waals surface area (Å²) in [4.78, 5) is 38.7. The van der Waals surface area contributed by atoms with Gasteiger partial charge in [0.2, 0.25) is 5.91 Å². The van der Waals surface area contributed by atoms with Crippen LogP contribution in [-0.2, 0) is 9.59 Å². The highest BCUT2D eigenvalue weighted by Crippen LogP contribution is 2.38. The Morgan fingerprint density at radius 1 is 1.42 bits per heavy atom. The van der Waals surface area contributed by atoms with Crippen molar-refractivity contribution in [3.63, 3.8) is 0 Å². The molecule has 4 amide bonds. The van der Waals surface area contributed by atoms with Crippen LogP contribution in [0.25, 0.3) is 0 Å². The fraction of sp³-hybridized carbons (Fsp3) is 0.769. The number of hydrogen-bond donors (Lipinski definition) is 1. The van der Waals surface area contributed by atoms with Gasteiger partial charge in [0.1, 0.15) is 12.1 Å². The van der Waals surface area contributed by atoms with E-state index in [0.717, 1.165) is 24.2 Å². The lowest BCUT2D eigenvalue weighted by Crippen LogP contribution is -2.54. The Morgan fingerprint density at radius 2 is 2.11 bits per heavy atom. The second-order valence-electron chi connectivity index (χ2n) is 5.73. The van der Waals surface area contributed by atoms with Crippen molar-refractivity contribution in [2.75, 3.05) is 20.6 Å². The van der Waals surface area contributed by atoms with Crippen LogP contribution in [0.5, 0.6) is 0 Å². The van der Waals surface area contributed by atoms with Gasteiger partial charge < -0.3 is 10.2 Å². The second kappa shape index (κ2) is 4.83. The number of hydrogen-bond acceptors (Lipinski definition) is 3. The molecule has 1 aliphatic heterocycles. The molecule has 1 saturated heterocycles. The zero-order valence-electron chi connectivity index (χ0n) is 11.7. The average molecular weight is 267 g/mol. The number of nitrogens with one attached hydrogen (secondary N) is 1. The summed E-state index contributed by atoms with van der Waals surface area (Å²) in [7, 11) is 3.22. The number of carbonyl (C=O) groups is 3. The highest BCUT2D eigenvalue weighted by atomic mass is 16.2. The van der Waals surface area contributed by atoms with Crippen LogP contribution in [0, 0.1) is 5.92 Å². The van der Waals surface area contributed by atoms with Crippen molar-refractivity contribution in [2.45, 2.75) is 38.1 Å². The molecule has 1 saturated carbocycles. The molecule has 6 nitrogen and oxygen atoms in total. The van der Waals surface area contributed by atoms with E-state index >= 15 is 0 Å². The number of likely N-dealkylation sites (N-methyl/N-ethyl adjacent to an activating group) is 1. The topological polar surface area (TPSA) is 69.7 Å². The Labute approximate surface area is 113 Å². The van der Waals surface area contributed by atoms with Gasteiger partial charge in [0.25, 0.3) is 5.91 Å². The van der Waals surface area contributed by atoms with Crippen LogP contribution in [0.3, 0.4) is 0 Å². The molecule has 6 heteroatoms. The molecule has 2 aliphatic rings. The van der Waals surface area contributed by atoms with Crippen LogP contribution in [0.4, 0.5) is 4.79 Å². The van der Waals surface area contributed by atoms with E-state index in [4.69, 9.17) is 0 Å². The number of amides is 4. The van der Waals surface area contributed by atoms with Gasteiger partial charge in [0.15, 0.2) is 0 Å². The lowest BCUT2D eigenvalue weighted by Gasteiger charge is -2.36. The zero-order valence-corrected chi connectivity index (χ0v) is 11.7. The summed E-state index contributed by atoms with van der Waals surface area (Å²) in [5.74, 6) is -0.360. The lowest BCUT2D eigenvalue weighted by molar-refractivity contribution is -0.139. The summed E-state index contributed by atoms with van der Waals surface area (Å²) in [5.41, 5.74) is -0.776. The predicted octanol–water partition coefficient (Wildman–Crippen LogP) is 0.575. The lowest BCUT2D eigenvalue weighted by atomic mass is 9.73. The van der Waals surface area contributed by atoms with Crippen LogP contribution in [0.2, 0.25) is 0 Å². The molecule has 2 rings (SSSR count). The van der Waals surface area contributed by atoms with E-state index in [0.29, 0.717) is 6.42 Å². The molecule has 1 spiro atoms. The summed E-state index contributed by atoms with van der Waals surface area (Å²) in [6.45, 7) is 1.82. The number of urea groups is 1. The summed E-state index contributed by atoms with van der Waals surface area (Å²) in [6, 6.07) is -0.436. The maximum absolute atomic E-state index is 12.5. The Kier molecular flexibility index (Phi) is 3.52. The van der Waals surface area contributed by atoms with Gasteiger partial charge in [-0.05, 0) is 18.8 Å². The van der Waals surface area contributed by atoms with Gasteiger partial charge >= 0.3 is 6.03 Å². The molecule has 2 atom stereocenters. The predicted molar refractivity (Wildman–Crippen MR) is 69.3 cm³/mol. The van der Waals surface area contributed by atoms with E-state index in [1.807, 2.05) is 6.92 Å². The van der Waals surface area contributed by atoms with Gasteiger partial charge in [0, 0.05) is 14.1 Å². The molecule has 1 N–H and O–H groups in total. The molecule has 0 aromatic carbocycles. The minimum absolute atomic E-state index is 0.122. The summed E-state index contributed by atoms with van der Waals surface area (Å²) in [6.07, 6.45) is 3.63. The van der Waals surface area contributed by atoms with Crippen molar-refractivity contribution in [2.24, 2.45) is 5.92 Å². The van der Waals surface area contributed by atoms with Gasteiger partial charge in [-0.2, -0.15) is 0 Å². The van der Waals surface area contributed by atoms with Crippen molar-refractivity contribution in [3.05, 3.63) is 0 Å². The molecule has 0 aromatic rings. The third-order valence-corrected chi connectivity index (χ3v) is 4.29. The SMILES string of the molecule is CC1CCCCC12NC(=O)N(CC(=O)N(C)C)C2=O. The molecule has 106 valence electrons. The Hall–Kier alpha value is -1.59. The van der Waals surface area contributed by atoms with Crippen LogP contribution in [0.1, 0.15) is 32.6 Å². The van der Waals surface area contributed by atoms with Crippen molar-refractivity contribution < 1.29 is 14.4 Å². The summed E-state index contributed by atoms with van der Waals surface area (Å²) >= 11 is 0. The largest absolute Gasteiger partial charge is 0.347 e. The van der Waals surface area contributed by atoms with Crippen LogP contribution < -0.4 is 5.32 Å². The maximum atomic E-state index is 12.5. The first kappa shape index (κ1) is 13.8. The van der Waals surface area contributed by atoms with Crippen molar-refractivity contribution in [1.29, 1.82) is 0 Å². The molecular formula is C13H21N3O3. The maximum Gasteiger partial charge on any atom is 0.325 e. The normalized spacial score (nSPS) is 30.7. The zero-order chi connectivity index (χ0) is 14.2. The third-order valence-electron chi connectivity index (χ3n) is 4.29. The minimum Gasteiger partial charge on any atom is -0.347 e. The molecule has 2 unspecified atom stereocenters. The van der Waals surface area contributed by atoms with E-state index < -0.39 is 11.6 Å². The van der Waals surface area contributed by atoms with Gasteiger partial charge in [-0.15, -0.1) is 0 Å². The molecule has 0 bridgehead atoms. The van der Waals surface area contributed by atoms with E-state index in [2.05, 4.69) is 5.32 Å². The first-order chi connectivity index (χ1) is 8.88. The number of imide groups is 1. The Bertz CT molecular complexity index is 421. The number of nitrogens with zero attached hydrogens (tertiary/aromatic N) is 2. The third kappa shape index (κ3) is 2.19. The Morgan fingerprint density at radius 3 is 2.68 bits per heavy atom. The van der Waals surface area contributed by atoms with E-state index in [-0.39, 0.29) is 24.3 Å². The van der Waals surface area contributed by atoms with Gasteiger partial charge in [-0.1, -0.05) is 19.8 Å². The molecule has 0 aromatic heterocycles. The van der Waals surface area contributed by atoms with Crippen LogP contribution in [-0.4, -0.2) is 53.8 Å². The second-order valence-corrected chi connectivity index (χ2v) is 5.73. The van der Waals surface area contributed by atoms with E-state index in [1.165, 1.54) is 4.90 Å². The standard InChI is InChI=1S/C13H21N3O3/c1-9-6-4-5-7-13(9)11(18)16(12(19)14-13)8-10(17)15(2)3/h9H,4-8H2,1-3H3,(H,14,19). The molecule has 0 radical (unpaired) electrons. The fourth-order valence-electron chi connectivity index (χ4n) is 2.92.